The second kappa shape index (κ2) is 6.86. The highest BCUT2D eigenvalue weighted by atomic mass is 16.5. The molecule has 0 aliphatic carbocycles. The molecule has 16 heavy (non-hydrogen) atoms. The number of methoxy groups -OCH3 is 1. The SMILES string of the molecule is COCC(=O)N1CCCCCC1CC(C)O. The molecule has 0 aromatic rings. The molecule has 0 aromatic heterocycles. The summed E-state index contributed by atoms with van der Waals surface area (Å²) in [6.45, 7) is 2.74. The van der Waals surface area contributed by atoms with Gasteiger partial charge in [0.2, 0.25) is 5.91 Å². The quantitative estimate of drug-likeness (QED) is 0.787. The first-order valence-corrected chi connectivity index (χ1v) is 6.11. The van der Waals surface area contributed by atoms with Crippen LogP contribution in [0.4, 0.5) is 0 Å². The molecule has 94 valence electrons. The average Bonchev–Trinajstić information content (AvgIpc) is 2.43. The molecule has 0 bridgehead atoms. The number of carbonyl (C=O) groups excluding carboxylic acids is 1. The molecule has 1 N–H and O–H groups in total. The van der Waals surface area contributed by atoms with Crippen LogP contribution in [0.2, 0.25) is 0 Å². The average molecular weight is 229 g/mol. The predicted molar refractivity (Wildman–Crippen MR) is 62.1 cm³/mol. The van der Waals surface area contributed by atoms with Gasteiger partial charge < -0.3 is 14.7 Å². The topological polar surface area (TPSA) is 49.8 Å². The van der Waals surface area contributed by atoms with Gasteiger partial charge in [0, 0.05) is 19.7 Å². The van der Waals surface area contributed by atoms with Crippen molar-refractivity contribution in [3.05, 3.63) is 0 Å². The largest absolute Gasteiger partial charge is 0.393 e. The normalized spacial score (nSPS) is 23.9. The van der Waals surface area contributed by atoms with Crippen molar-refractivity contribution in [2.45, 2.75) is 51.2 Å². The lowest BCUT2D eigenvalue weighted by molar-refractivity contribution is -0.138. The second-order valence-electron chi connectivity index (χ2n) is 4.61. The summed E-state index contributed by atoms with van der Waals surface area (Å²) in [6.07, 6.45) is 4.71. The van der Waals surface area contributed by atoms with E-state index in [2.05, 4.69) is 0 Å². The van der Waals surface area contributed by atoms with E-state index in [1.165, 1.54) is 6.42 Å². The summed E-state index contributed by atoms with van der Waals surface area (Å²) in [5.74, 6) is 0.0510. The number of carbonyl (C=O) groups is 1. The molecule has 1 aliphatic rings. The van der Waals surface area contributed by atoms with Crippen LogP contribution < -0.4 is 0 Å². The van der Waals surface area contributed by atoms with Gasteiger partial charge >= 0.3 is 0 Å². The molecule has 4 nitrogen and oxygen atoms in total. The molecular formula is C12H23NO3. The van der Waals surface area contributed by atoms with Gasteiger partial charge in [0.15, 0.2) is 0 Å². The number of rotatable bonds is 4. The molecule has 2 atom stereocenters. The Morgan fingerprint density at radius 2 is 2.25 bits per heavy atom. The maximum atomic E-state index is 11.9. The Hall–Kier alpha value is -0.610. The monoisotopic (exact) mass is 229 g/mol. The summed E-state index contributed by atoms with van der Waals surface area (Å²) in [7, 11) is 1.54. The van der Waals surface area contributed by atoms with Crippen LogP contribution in [-0.2, 0) is 9.53 Å². The van der Waals surface area contributed by atoms with Gasteiger partial charge in [-0.1, -0.05) is 12.8 Å². The van der Waals surface area contributed by atoms with Crippen LogP contribution in [0.25, 0.3) is 0 Å². The van der Waals surface area contributed by atoms with E-state index in [1.807, 2.05) is 4.90 Å². The highest BCUT2D eigenvalue weighted by Gasteiger charge is 2.25. The maximum absolute atomic E-state index is 11.9. The lowest BCUT2D eigenvalue weighted by Crippen LogP contribution is -2.43. The zero-order chi connectivity index (χ0) is 12.0. The van der Waals surface area contributed by atoms with Gasteiger partial charge in [-0.2, -0.15) is 0 Å². The maximum Gasteiger partial charge on any atom is 0.248 e. The zero-order valence-electron chi connectivity index (χ0n) is 10.3. The number of amides is 1. The second-order valence-corrected chi connectivity index (χ2v) is 4.61. The molecule has 0 aromatic carbocycles. The van der Waals surface area contributed by atoms with Crippen LogP contribution in [0.1, 0.15) is 39.0 Å². The Morgan fingerprint density at radius 1 is 1.50 bits per heavy atom. The summed E-state index contributed by atoms with van der Waals surface area (Å²) in [5.41, 5.74) is 0. The Kier molecular flexibility index (Phi) is 5.77. The van der Waals surface area contributed by atoms with Crippen molar-refractivity contribution in [1.82, 2.24) is 4.90 Å². The Bertz CT molecular complexity index is 218. The van der Waals surface area contributed by atoms with Gasteiger partial charge in [0.1, 0.15) is 6.61 Å². The Labute approximate surface area is 97.6 Å². The summed E-state index contributed by atoms with van der Waals surface area (Å²) < 4.78 is 4.90. The molecule has 1 heterocycles. The van der Waals surface area contributed by atoms with Gasteiger partial charge in [0.05, 0.1) is 6.10 Å². The van der Waals surface area contributed by atoms with E-state index in [0.29, 0.717) is 6.42 Å². The summed E-state index contributed by atoms with van der Waals surface area (Å²) in [5, 5.41) is 9.46. The van der Waals surface area contributed by atoms with Crippen molar-refractivity contribution >= 4 is 5.91 Å². The van der Waals surface area contributed by atoms with Crippen LogP contribution >= 0.6 is 0 Å². The number of hydrogen-bond donors (Lipinski definition) is 1. The number of hydrogen-bond acceptors (Lipinski definition) is 3. The molecule has 1 rings (SSSR count). The van der Waals surface area contributed by atoms with E-state index in [1.54, 1.807) is 14.0 Å². The zero-order valence-corrected chi connectivity index (χ0v) is 10.3. The molecule has 1 saturated heterocycles. The molecule has 1 fully saturated rings. The van der Waals surface area contributed by atoms with Crippen molar-refractivity contribution in [3.63, 3.8) is 0 Å². The Morgan fingerprint density at radius 3 is 2.88 bits per heavy atom. The first kappa shape index (κ1) is 13.5. The minimum Gasteiger partial charge on any atom is -0.393 e. The number of nitrogens with zero attached hydrogens (tertiary/aromatic N) is 1. The molecule has 0 spiro atoms. The van der Waals surface area contributed by atoms with Crippen LogP contribution in [-0.4, -0.2) is 48.3 Å². The number of ether oxygens (including phenoxy) is 1. The fourth-order valence-corrected chi connectivity index (χ4v) is 2.35. The molecule has 4 heteroatoms. The molecule has 0 saturated carbocycles. The van der Waals surface area contributed by atoms with E-state index in [4.69, 9.17) is 4.74 Å². The van der Waals surface area contributed by atoms with Crippen molar-refractivity contribution in [3.8, 4) is 0 Å². The van der Waals surface area contributed by atoms with Crippen molar-refractivity contribution < 1.29 is 14.6 Å². The summed E-state index contributed by atoms with van der Waals surface area (Å²) in [6, 6.07) is 0.185. The first-order chi connectivity index (χ1) is 7.65. The van der Waals surface area contributed by atoms with Crippen LogP contribution in [0, 0.1) is 0 Å². The third-order valence-electron chi connectivity index (χ3n) is 3.08. The third kappa shape index (κ3) is 4.10. The van der Waals surface area contributed by atoms with Crippen LogP contribution in [0.15, 0.2) is 0 Å². The smallest absolute Gasteiger partial charge is 0.248 e. The van der Waals surface area contributed by atoms with E-state index < -0.39 is 0 Å². The minimum absolute atomic E-state index is 0.0510. The molecular weight excluding hydrogens is 206 g/mol. The highest BCUT2D eigenvalue weighted by Crippen LogP contribution is 2.20. The fourth-order valence-electron chi connectivity index (χ4n) is 2.35. The first-order valence-electron chi connectivity index (χ1n) is 6.11. The summed E-state index contributed by atoms with van der Waals surface area (Å²) in [4.78, 5) is 13.8. The van der Waals surface area contributed by atoms with Gasteiger partial charge in [-0.15, -0.1) is 0 Å². The lowest BCUT2D eigenvalue weighted by Gasteiger charge is -2.30. The fraction of sp³-hybridized carbons (Fsp3) is 0.917. The minimum atomic E-state index is -0.346. The van der Waals surface area contributed by atoms with E-state index in [9.17, 15) is 9.90 Å². The van der Waals surface area contributed by atoms with E-state index in [0.717, 1.165) is 25.8 Å². The predicted octanol–water partition coefficient (Wildman–Crippen LogP) is 1.17. The summed E-state index contributed by atoms with van der Waals surface area (Å²) >= 11 is 0. The van der Waals surface area contributed by atoms with Crippen molar-refractivity contribution in [1.29, 1.82) is 0 Å². The third-order valence-corrected chi connectivity index (χ3v) is 3.08. The van der Waals surface area contributed by atoms with Crippen LogP contribution in [0.5, 0.6) is 0 Å². The number of aliphatic hydroxyl groups is 1. The number of aliphatic hydroxyl groups excluding tert-OH is 1. The molecule has 1 aliphatic heterocycles. The van der Waals surface area contributed by atoms with Gasteiger partial charge in [0.25, 0.3) is 0 Å². The van der Waals surface area contributed by atoms with Crippen molar-refractivity contribution in [2.75, 3.05) is 20.3 Å². The van der Waals surface area contributed by atoms with Crippen molar-refractivity contribution in [2.24, 2.45) is 0 Å². The van der Waals surface area contributed by atoms with E-state index >= 15 is 0 Å². The van der Waals surface area contributed by atoms with Gasteiger partial charge in [-0.05, 0) is 26.2 Å². The lowest BCUT2D eigenvalue weighted by atomic mass is 10.0. The van der Waals surface area contributed by atoms with Crippen LogP contribution in [0.3, 0.4) is 0 Å². The Balaban J connectivity index is 2.61. The molecule has 1 amide bonds. The highest BCUT2D eigenvalue weighted by molar-refractivity contribution is 5.77. The number of likely N-dealkylation sites (tertiary alicyclic amines) is 1. The van der Waals surface area contributed by atoms with E-state index in [-0.39, 0.29) is 24.7 Å². The van der Waals surface area contributed by atoms with Gasteiger partial charge in [-0.3, -0.25) is 4.79 Å². The molecule has 2 unspecified atom stereocenters. The standard InChI is InChI=1S/C12H23NO3/c1-10(14)8-11-6-4-3-5-7-13(11)12(15)9-16-2/h10-11,14H,3-9H2,1-2H3. The van der Waals surface area contributed by atoms with Gasteiger partial charge in [-0.25, -0.2) is 0 Å². The molecule has 0 radical (unpaired) electrons.